The van der Waals surface area contributed by atoms with Gasteiger partial charge in [0.05, 0.1) is 24.3 Å². The largest absolute Gasteiger partial charge is 0.497 e. The highest BCUT2D eigenvalue weighted by Crippen LogP contribution is 2.38. The van der Waals surface area contributed by atoms with Crippen molar-refractivity contribution in [1.82, 2.24) is 4.98 Å². The zero-order valence-corrected chi connectivity index (χ0v) is 9.57. The van der Waals surface area contributed by atoms with E-state index in [1.54, 1.807) is 13.3 Å². The Morgan fingerprint density at radius 1 is 1.38 bits per heavy atom. The first-order valence-corrected chi connectivity index (χ1v) is 5.72. The fourth-order valence-corrected chi connectivity index (χ4v) is 2.38. The molecular weight excluding hydrogens is 200 g/mol. The maximum absolute atomic E-state index is 9.43. The lowest BCUT2D eigenvalue weighted by Gasteiger charge is -2.30. The number of rotatable bonds is 2. The number of hydrogen-bond donors (Lipinski definition) is 0. The zero-order valence-electron chi connectivity index (χ0n) is 9.57. The minimum atomic E-state index is -0.382. The Hall–Kier alpha value is -1.56. The molecule has 0 unspecified atom stereocenters. The molecule has 1 aliphatic rings. The highest BCUT2D eigenvalue weighted by atomic mass is 16.5. The third kappa shape index (κ3) is 1.88. The van der Waals surface area contributed by atoms with Crippen molar-refractivity contribution < 1.29 is 4.74 Å². The summed E-state index contributed by atoms with van der Waals surface area (Å²) in [5, 5.41) is 9.43. The van der Waals surface area contributed by atoms with Gasteiger partial charge in [0.25, 0.3) is 0 Å². The molecule has 3 nitrogen and oxygen atoms in total. The van der Waals surface area contributed by atoms with Crippen LogP contribution in [0.5, 0.6) is 5.75 Å². The molecule has 1 heterocycles. The second kappa shape index (κ2) is 4.52. The van der Waals surface area contributed by atoms with E-state index in [2.05, 4.69) is 11.1 Å². The SMILES string of the molecule is COc1ccnc(C2(C#N)CCCCC2)c1. The summed E-state index contributed by atoms with van der Waals surface area (Å²) >= 11 is 0. The topological polar surface area (TPSA) is 45.9 Å². The molecule has 0 spiro atoms. The Bertz CT molecular complexity index is 403. The first kappa shape index (κ1) is 10.9. The standard InChI is InChI=1S/C13H16N2O/c1-16-11-5-8-15-12(9-11)13(10-14)6-3-2-4-7-13/h5,8-9H,2-4,6-7H2,1H3. The lowest BCUT2D eigenvalue weighted by atomic mass is 9.73. The van der Waals surface area contributed by atoms with Crippen LogP contribution in [-0.2, 0) is 5.41 Å². The second-order valence-electron chi connectivity index (χ2n) is 4.34. The van der Waals surface area contributed by atoms with E-state index in [0.29, 0.717) is 0 Å². The van der Waals surface area contributed by atoms with Crippen LogP contribution in [0.3, 0.4) is 0 Å². The molecule has 1 fully saturated rings. The molecule has 0 aromatic carbocycles. The van der Waals surface area contributed by atoms with Crippen molar-refractivity contribution in [2.24, 2.45) is 0 Å². The maximum atomic E-state index is 9.43. The van der Waals surface area contributed by atoms with E-state index in [0.717, 1.165) is 37.1 Å². The van der Waals surface area contributed by atoms with Crippen LogP contribution >= 0.6 is 0 Å². The molecule has 0 saturated heterocycles. The lowest BCUT2D eigenvalue weighted by Crippen LogP contribution is -2.28. The van der Waals surface area contributed by atoms with Crippen LogP contribution in [-0.4, -0.2) is 12.1 Å². The van der Waals surface area contributed by atoms with Crippen molar-refractivity contribution >= 4 is 0 Å². The number of nitriles is 1. The molecule has 1 aromatic rings. The van der Waals surface area contributed by atoms with E-state index in [-0.39, 0.29) is 5.41 Å². The van der Waals surface area contributed by atoms with Gasteiger partial charge in [-0.1, -0.05) is 19.3 Å². The summed E-state index contributed by atoms with van der Waals surface area (Å²) in [7, 11) is 1.64. The van der Waals surface area contributed by atoms with Crippen LogP contribution < -0.4 is 4.74 Å². The van der Waals surface area contributed by atoms with Crippen molar-refractivity contribution in [2.75, 3.05) is 7.11 Å². The van der Waals surface area contributed by atoms with Gasteiger partial charge in [-0.15, -0.1) is 0 Å². The van der Waals surface area contributed by atoms with Gasteiger partial charge < -0.3 is 4.74 Å². The summed E-state index contributed by atoms with van der Waals surface area (Å²) in [6, 6.07) is 6.18. The smallest absolute Gasteiger partial charge is 0.122 e. The predicted octanol–water partition coefficient (Wildman–Crippen LogP) is 2.82. The van der Waals surface area contributed by atoms with Crippen molar-refractivity contribution in [2.45, 2.75) is 37.5 Å². The Morgan fingerprint density at radius 2 is 2.12 bits per heavy atom. The quantitative estimate of drug-likeness (QED) is 0.763. The first-order chi connectivity index (χ1) is 7.80. The summed E-state index contributed by atoms with van der Waals surface area (Å²) in [5.74, 6) is 0.783. The van der Waals surface area contributed by atoms with Crippen LogP contribution in [0.25, 0.3) is 0 Å². The molecule has 0 atom stereocenters. The summed E-state index contributed by atoms with van der Waals surface area (Å²) in [5.41, 5.74) is 0.487. The Labute approximate surface area is 96.1 Å². The van der Waals surface area contributed by atoms with Crippen LogP contribution in [0.4, 0.5) is 0 Å². The molecule has 0 bridgehead atoms. The van der Waals surface area contributed by atoms with Crippen LogP contribution in [0.2, 0.25) is 0 Å². The molecule has 0 aliphatic heterocycles. The van der Waals surface area contributed by atoms with Gasteiger partial charge in [0.1, 0.15) is 5.75 Å². The van der Waals surface area contributed by atoms with Gasteiger partial charge in [0.2, 0.25) is 0 Å². The Kier molecular flexibility index (Phi) is 3.09. The zero-order chi connectivity index (χ0) is 11.4. The van der Waals surface area contributed by atoms with E-state index >= 15 is 0 Å². The van der Waals surface area contributed by atoms with E-state index in [1.807, 2.05) is 12.1 Å². The van der Waals surface area contributed by atoms with Crippen molar-refractivity contribution in [3.05, 3.63) is 24.0 Å². The summed E-state index contributed by atoms with van der Waals surface area (Å²) in [6.07, 6.45) is 7.03. The molecule has 16 heavy (non-hydrogen) atoms. The van der Waals surface area contributed by atoms with Gasteiger partial charge in [-0.3, -0.25) is 4.98 Å². The minimum Gasteiger partial charge on any atom is -0.497 e. The summed E-state index contributed by atoms with van der Waals surface area (Å²) in [4.78, 5) is 4.35. The van der Waals surface area contributed by atoms with E-state index < -0.39 is 0 Å². The van der Waals surface area contributed by atoms with Gasteiger partial charge in [0, 0.05) is 12.3 Å². The summed E-state index contributed by atoms with van der Waals surface area (Å²) in [6.45, 7) is 0. The Morgan fingerprint density at radius 3 is 2.75 bits per heavy atom. The second-order valence-corrected chi connectivity index (χ2v) is 4.34. The average molecular weight is 216 g/mol. The predicted molar refractivity (Wildman–Crippen MR) is 61.2 cm³/mol. The monoisotopic (exact) mass is 216 g/mol. The number of nitrogens with zero attached hydrogens (tertiary/aromatic N) is 2. The molecule has 2 rings (SSSR count). The highest BCUT2D eigenvalue weighted by molar-refractivity contribution is 5.33. The van der Waals surface area contributed by atoms with Gasteiger partial charge in [-0.25, -0.2) is 0 Å². The molecular formula is C13H16N2O. The highest BCUT2D eigenvalue weighted by Gasteiger charge is 2.35. The number of aromatic nitrogens is 1. The molecule has 84 valence electrons. The molecule has 3 heteroatoms. The lowest BCUT2D eigenvalue weighted by molar-refractivity contribution is 0.355. The van der Waals surface area contributed by atoms with Crippen LogP contribution in [0.15, 0.2) is 18.3 Å². The molecule has 1 aromatic heterocycles. The van der Waals surface area contributed by atoms with E-state index in [1.165, 1.54) is 6.42 Å². The minimum absolute atomic E-state index is 0.382. The number of pyridine rings is 1. The number of ether oxygens (including phenoxy) is 1. The van der Waals surface area contributed by atoms with Crippen molar-refractivity contribution in [3.63, 3.8) is 0 Å². The number of methoxy groups -OCH3 is 1. The average Bonchev–Trinajstić information content (AvgIpc) is 2.39. The fraction of sp³-hybridized carbons (Fsp3) is 0.538. The van der Waals surface area contributed by atoms with Crippen molar-refractivity contribution in [1.29, 1.82) is 5.26 Å². The molecule has 0 radical (unpaired) electrons. The molecule has 1 aliphatic carbocycles. The third-order valence-corrected chi connectivity index (χ3v) is 3.38. The van der Waals surface area contributed by atoms with Gasteiger partial charge in [-0.2, -0.15) is 5.26 Å². The Balaban J connectivity index is 2.36. The molecule has 1 saturated carbocycles. The van der Waals surface area contributed by atoms with Gasteiger partial charge in [-0.05, 0) is 18.9 Å². The van der Waals surface area contributed by atoms with E-state index in [4.69, 9.17) is 4.74 Å². The van der Waals surface area contributed by atoms with Gasteiger partial charge in [0.15, 0.2) is 0 Å². The van der Waals surface area contributed by atoms with Crippen LogP contribution in [0.1, 0.15) is 37.8 Å². The maximum Gasteiger partial charge on any atom is 0.122 e. The van der Waals surface area contributed by atoms with Gasteiger partial charge >= 0.3 is 0 Å². The number of hydrogen-bond acceptors (Lipinski definition) is 3. The molecule has 0 amide bonds. The van der Waals surface area contributed by atoms with E-state index in [9.17, 15) is 5.26 Å². The first-order valence-electron chi connectivity index (χ1n) is 5.72. The third-order valence-electron chi connectivity index (χ3n) is 3.38. The molecule has 0 N–H and O–H groups in total. The van der Waals surface area contributed by atoms with Crippen molar-refractivity contribution in [3.8, 4) is 11.8 Å². The normalized spacial score (nSPS) is 18.8. The fourth-order valence-electron chi connectivity index (χ4n) is 2.38. The van der Waals surface area contributed by atoms with Crippen LogP contribution in [0, 0.1) is 11.3 Å². The summed E-state index contributed by atoms with van der Waals surface area (Å²) < 4.78 is 5.19.